The smallest absolute Gasteiger partial charge is 0.339 e. The highest BCUT2D eigenvalue weighted by molar-refractivity contribution is 6.35. The fourth-order valence-electron chi connectivity index (χ4n) is 4.81. The highest BCUT2D eigenvalue weighted by Gasteiger charge is 2.51. The molecule has 2 aliphatic heterocycles. The lowest BCUT2D eigenvalue weighted by molar-refractivity contribution is 0.0187. The molecule has 0 saturated carbocycles. The summed E-state index contributed by atoms with van der Waals surface area (Å²) in [6.45, 7) is 7.78. The molecule has 0 spiro atoms. The van der Waals surface area contributed by atoms with E-state index < -0.39 is 17.5 Å². The second kappa shape index (κ2) is 8.97. The Bertz CT molecular complexity index is 1060. The van der Waals surface area contributed by atoms with Crippen LogP contribution < -0.4 is 9.47 Å². The molecule has 0 bridgehead atoms. The molecule has 1 unspecified atom stereocenters. The predicted octanol–water partition coefficient (Wildman–Crippen LogP) is 5.66. The number of halogens is 2. The lowest BCUT2D eigenvalue weighted by Crippen LogP contribution is -2.40. The average molecular weight is 476 g/mol. The molecule has 2 heterocycles. The Balaban J connectivity index is 1.61. The Morgan fingerprint density at radius 2 is 2.16 bits per heavy atom. The summed E-state index contributed by atoms with van der Waals surface area (Å²) in [5, 5.41) is 0.733. The van der Waals surface area contributed by atoms with E-state index >= 15 is 0 Å². The zero-order valence-electron chi connectivity index (χ0n) is 18.5. The lowest BCUT2D eigenvalue weighted by Gasteiger charge is -2.32. The number of benzene rings is 2. The highest BCUT2D eigenvalue weighted by atomic mass is 35.5. The van der Waals surface area contributed by atoms with Gasteiger partial charge in [-0.25, -0.2) is 4.79 Å². The molecule has 0 radical (unpaired) electrons. The van der Waals surface area contributed by atoms with E-state index in [2.05, 4.69) is 24.6 Å². The number of hydrogen-bond acceptors (Lipinski definition) is 5. The maximum Gasteiger partial charge on any atom is 0.339 e. The molecule has 0 N–H and O–H groups in total. The number of carbonyl (C=O) groups excluding carboxylic acids is 1. The van der Waals surface area contributed by atoms with Gasteiger partial charge in [0.25, 0.3) is 0 Å². The zero-order chi connectivity index (χ0) is 23.0. The molecule has 170 valence electrons. The molecule has 3 atom stereocenters. The Hall–Kier alpha value is -2.21. The summed E-state index contributed by atoms with van der Waals surface area (Å²) in [5.74, 6) is 0.964. The summed E-state index contributed by atoms with van der Waals surface area (Å²) in [7, 11) is 3.76. The summed E-state index contributed by atoms with van der Waals surface area (Å²) < 4.78 is 17.8. The van der Waals surface area contributed by atoms with E-state index in [9.17, 15) is 4.79 Å². The van der Waals surface area contributed by atoms with Crippen molar-refractivity contribution in [3.63, 3.8) is 0 Å². The summed E-state index contributed by atoms with van der Waals surface area (Å²) in [4.78, 5) is 15.0. The number of carbonyl (C=O) groups is 1. The fourth-order valence-corrected chi connectivity index (χ4v) is 5.17. The van der Waals surface area contributed by atoms with Crippen molar-refractivity contribution in [2.24, 2.45) is 0 Å². The van der Waals surface area contributed by atoms with E-state index in [0.29, 0.717) is 22.2 Å². The highest BCUT2D eigenvalue weighted by Crippen LogP contribution is 2.54. The molecule has 2 aromatic carbocycles. The molecule has 0 aromatic heterocycles. The SMILES string of the molecule is C=C[C@@]12CCN(C)Cc3ccc(OC)c(c31)OC2C[C@H](C)OC(=O)c1cc(Cl)ccc1Cl. The third kappa shape index (κ3) is 3.98. The van der Waals surface area contributed by atoms with E-state index in [-0.39, 0.29) is 11.7 Å². The van der Waals surface area contributed by atoms with Crippen LogP contribution in [-0.4, -0.2) is 43.8 Å². The van der Waals surface area contributed by atoms with Gasteiger partial charge in [0.1, 0.15) is 12.2 Å². The monoisotopic (exact) mass is 475 g/mol. The molecular weight excluding hydrogens is 449 g/mol. The van der Waals surface area contributed by atoms with E-state index in [1.54, 1.807) is 19.2 Å². The van der Waals surface area contributed by atoms with Crippen LogP contribution in [0.2, 0.25) is 10.0 Å². The maximum absolute atomic E-state index is 12.7. The number of methoxy groups -OCH3 is 1. The Morgan fingerprint density at radius 3 is 2.88 bits per heavy atom. The molecule has 5 nitrogen and oxygen atoms in total. The molecule has 4 rings (SSSR count). The van der Waals surface area contributed by atoms with Crippen LogP contribution in [0.15, 0.2) is 43.0 Å². The predicted molar refractivity (Wildman–Crippen MR) is 126 cm³/mol. The van der Waals surface area contributed by atoms with Crippen LogP contribution in [-0.2, 0) is 16.7 Å². The summed E-state index contributed by atoms with van der Waals surface area (Å²) >= 11 is 12.2. The maximum atomic E-state index is 12.7. The molecular formula is C25H27Cl2NO4. The first-order valence-corrected chi connectivity index (χ1v) is 11.4. The van der Waals surface area contributed by atoms with E-state index in [4.69, 9.17) is 37.4 Å². The van der Waals surface area contributed by atoms with Crippen molar-refractivity contribution >= 4 is 29.2 Å². The Labute approximate surface area is 198 Å². The molecule has 32 heavy (non-hydrogen) atoms. The van der Waals surface area contributed by atoms with Crippen LogP contribution in [0.5, 0.6) is 11.5 Å². The van der Waals surface area contributed by atoms with Gasteiger partial charge in [0.2, 0.25) is 0 Å². The van der Waals surface area contributed by atoms with Crippen LogP contribution in [0, 0.1) is 0 Å². The van der Waals surface area contributed by atoms with Gasteiger partial charge < -0.3 is 19.1 Å². The lowest BCUT2D eigenvalue weighted by atomic mass is 9.72. The van der Waals surface area contributed by atoms with Crippen molar-refractivity contribution < 1.29 is 19.0 Å². The van der Waals surface area contributed by atoms with Gasteiger partial charge in [-0.05, 0) is 56.8 Å². The summed E-state index contributed by atoms with van der Waals surface area (Å²) in [6.07, 6.45) is 2.69. The van der Waals surface area contributed by atoms with Gasteiger partial charge in [-0.1, -0.05) is 35.3 Å². The van der Waals surface area contributed by atoms with Gasteiger partial charge in [-0.15, -0.1) is 6.58 Å². The van der Waals surface area contributed by atoms with Crippen molar-refractivity contribution in [3.8, 4) is 11.5 Å². The first-order valence-electron chi connectivity index (χ1n) is 10.6. The molecule has 2 aliphatic rings. The van der Waals surface area contributed by atoms with E-state index in [0.717, 1.165) is 30.8 Å². The van der Waals surface area contributed by atoms with Gasteiger partial charge in [0.15, 0.2) is 11.5 Å². The number of rotatable bonds is 6. The van der Waals surface area contributed by atoms with Crippen LogP contribution in [0.3, 0.4) is 0 Å². The van der Waals surface area contributed by atoms with Gasteiger partial charge in [0, 0.05) is 23.6 Å². The van der Waals surface area contributed by atoms with Crippen molar-refractivity contribution in [2.45, 2.75) is 43.9 Å². The molecule has 0 amide bonds. The number of nitrogens with zero attached hydrogens (tertiary/aromatic N) is 1. The van der Waals surface area contributed by atoms with Crippen LogP contribution in [0.25, 0.3) is 0 Å². The number of esters is 1. The molecule has 0 saturated heterocycles. The standard InChI is InChI=1S/C25H27Cl2NO4/c1-5-25-10-11-28(3)14-16-6-9-20(30-4)23(22(16)25)32-21(25)12-15(2)31-24(29)18-13-17(26)7-8-19(18)27/h5-9,13,15,21H,1,10-12,14H2,2-4H3/t15-,21?,25-/m0/s1. The van der Waals surface area contributed by atoms with Gasteiger partial charge in [-0.3, -0.25) is 0 Å². The third-order valence-corrected chi connectivity index (χ3v) is 7.01. The normalized spacial score (nSPS) is 23.0. The fraction of sp³-hybridized carbons (Fsp3) is 0.400. The largest absolute Gasteiger partial charge is 0.493 e. The van der Waals surface area contributed by atoms with Crippen molar-refractivity contribution in [1.82, 2.24) is 4.90 Å². The second-order valence-corrected chi connectivity index (χ2v) is 9.39. The van der Waals surface area contributed by atoms with Crippen molar-refractivity contribution in [2.75, 3.05) is 20.7 Å². The summed E-state index contributed by atoms with van der Waals surface area (Å²) in [6, 6.07) is 8.80. The third-order valence-electron chi connectivity index (χ3n) is 6.44. The van der Waals surface area contributed by atoms with E-state index in [1.165, 1.54) is 11.6 Å². The van der Waals surface area contributed by atoms with E-state index in [1.807, 2.05) is 19.1 Å². The minimum Gasteiger partial charge on any atom is -0.493 e. The van der Waals surface area contributed by atoms with Gasteiger partial charge in [-0.2, -0.15) is 0 Å². The first kappa shape index (κ1) is 23.0. The zero-order valence-corrected chi connectivity index (χ0v) is 20.0. The molecule has 0 fully saturated rings. The molecule has 2 aromatic rings. The van der Waals surface area contributed by atoms with Gasteiger partial charge in [0.05, 0.1) is 23.1 Å². The Morgan fingerprint density at radius 1 is 1.38 bits per heavy atom. The molecule has 7 heteroatoms. The van der Waals surface area contributed by atoms with Crippen molar-refractivity contribution in [3.05, 3.63) is 69.7 Å². The van der Waals surface area contributed by atoms with Crippen LogP contribution in [0.1, 0.15) is 41.3 Å². The quantitative estimate of drug-likeness (QED) is 0.398. The average Bonchev–Trinajstić information content (AvgIpc) is 2.99. The molecule has 0 aliphatic carbocycles. The first-order chi connectivity index (χ1) is 15.3. The van der Waals surface area contributed by atoms with Gasteiger partial charge >= 0.3 is 5.97 Å². The second-order valence-electron chi connectivity index (χ2n) is 8.55. The number of hydrogen-bond donors (Lipinski definition) is 0. The minimum absolute atomic E-state index is 0.241. The minimum atomic E-state index is -0.507. The topological polar surface area (TPSA) is 48.0 Å². The van der Waals surface area contributed by atoms with Crippen LogP contribution >= 0.6 is 23.2 Å². The number of ether oxygens (including phenoxy) is 3. The van der Waals surface area contributed by atoms with Crippen LogP contribution in [0.4, 0.5) is 0 Å². The summed E-state index contributed by atoms with van der Waals surface area (Å²) in [5.41, 5.74) is 2.20. The van der Waals surface area contributed by atoms with Crippen molar-refractivity contribution in [1.29, 1.82) is 0 Å². The Kier molecular flexibility index (Phi) is 6.44.